The van der Waals surface area contributed by atoms with Crippen molar-refractivity contribution in [3.8, 4) is 22.1 Å². The van der Waals surface area contributed by atoms with Crippen LogP contribution in [-0.2, 0) is 26.2 Å². The number of imide groups is 2. The van der Waals surface area contributed by atoms with Gasteiger partial charge in [-0.25, -0.2) is 4.90 Å². The standard InChI is InChI=1S/C41H31ClF3IN4O6S/c1-18-25-14-19(42)4-13-31(25)57-35(18)29-17-32(48(3)47-29)50-37(53)28-16-26-23(10-11-24-33(26)38(54)49(36(24)52)21-7-5-20(46)6-8-21)34(40(28,2)39(50)55)27-15-22(9-12-30(27)51)56-41(43,44)45/h4-10,12-15,17,24,26,28,33-34,51H,11,16H2,1-3H3. The van der Waals surface area contributed by atoms with Gasteiger partial charge >= 0.3 is 6.36 Å². The number of benzene rings is 3. The van der Waals surface area contributed by atoms with Crippen LogP contribution in [0, 0.1) is 39.6 Å². The van der Waals surface area contributed by atoms with Crippen LogP contribution in [0.25, 0.3) is 20.7 Å². The van der Waals surface area contributed by atoms with E-state index in [0.717, 1.165) is 52.1 Å². The molecule has 5 aromatic rings. The van der Waals surface area contributed by atoms with Gasteiger partial charge in [0.15, 0.2) is 0 Å². The first-order valence-corrected chi connectivity index (χ1v) is 20.3. The molecule has 10 nitrogen and oxygen atoms in total. The summed E-state index contributed by atoms with van der Waals surface area (Å²) in [4.78, 5) is 61.4. The molecule has 1 N–H and O–H groups in total. The largest absolute Gasteiger partial charge is 0.573 e. The minimum Gasteiger partial charge on any atom is -0.508 e. The predicted octanol–water partition coefficient (Wildman–Crippen LogP) is 8.91. The number of aromatic hydroxyl groups is 1. The van der Waals surface area contributed by atoms with E-state index >= 15 is 4.79 Å². The van der Waals surface area contributed by atoms with Crippen molar-refractivity contribution in [3.63, 3.8) is 0 Å². The highest BCUT2D eigenvalue weighted by molar-refractivity contribution is 14.1. The first-order chi connectivity index (χ1) is 27.0. The molecule has 16 heteroatoms. The van der Waals surface area contributed by atoms with Crippen molar-refractivity contribution < 1.29 is 42.2 Å². The number of carbonyl (C=O) groups is 4. The average Bonchev–Trinajstić information content (AvgIpc) is 3.82. The third-order valence-electron chi connectivity index (χ3n) is 12.1. The molecule has 4 amide bonds. The molecule has 2 aliphatic heterocycles. The first kappa shape index (κ1) is 37.8. The Kier molecular flexibility index (Phi) is 8.72. The number of phenolic OH excluding ortho intramolecular Hbond substituents is 1. The third kappa shape index (κ3) is 5.74. The lowest BCUT2D eigenvalue weighted by atomic mass is 9.51. The van der Waals surface area contributed by atoms with Crippen molar-refractivity contribution in [2.75, 3.05) is 9.80 Å². The summed E-state index contributed by atoms with van der Waals surface area (Å²) in [6.45, 7) is 3.52. The number of alkyl halides is 3. The summed E-state index contributed by atoms with van der Waals surface area (Å²) in [6, 6.07) is 17.2. The quantitative estimate of drug-likeness (QED) is 0.106. The number of phenols is 1. The van der Waals surface area contributed by atoms with Gasteiger partial charge in [-0.1, -0.05) is 23.3 Å². The van der Waals surface area contributed by atoms with Crippen LogP contribution >= 0.6 is 45.5 Å². The van der Waals surface area contributed by atoms with Gasteiger partial charge in [-0.05, 0) is 127 Å². The highest BCUT2D eigenvalue weighted by atomic mass is 127. The first-order valence-electron chi connectivity index (χ1n) is 18.0. The van der Waals surface area contributed by atoms with Gasteiger partial charge in [0.2, 0.25) is 23.6 Å². The van der Waals surface area contributed by atoms with Crippen molar-refractivity contribution in [1.82, 2.24) is 9.78 Å². The molecule has 2 saturated heterocycles. The van der Waals surface area contributed by atoms with Crippen LogP contribution in [0.4, 0.5) is 24.7 Å². The summed E-state index contributed by atoms with van der Waals surface area (Å²) in [6.07, 6.45) is -3.19. The Labute approximate surface area is 346 Å². The molecule has 292 valence electrons. The molecule has 0 radical (unpaired) electrons. The smallest absolute Gasteiger partial charge is 0.508 e. The highest BCUT2D eigenvalue weighted by Crippen LogP contribution is 2.65. The number of allylic oxidation sites excluding steroid dienone is 2. The zero-order chi connectivity index (χ0) is 40.5. The summed E-state index contributed by atoms with van der Waals surface area (Å²) in [5, 5.41) is 17.6. The fraction of sp³-hybridized carbons (Fsp3) is 0.293. The Bertz CT molecular complexity index is 2620. The van der Waals surface area contributed by atoms with E-state index in [2.05, 4.69) is 27.3 Å². The predicted molar refractivity (Wildman–Crippen MR) is 215 cm³/mol. The number of carbonyl (C=O) groups excluding carboxylic acids is 4. The number of ether oxygens (including phenoxy) is 1. The number of aromatic nitrogens is 2. The molecular formula is C41H31ClF3IN4O6S. The second kappa shape index (κ2) is 13.1. The summed E-state index contributed by atoms with van der Waals surface area (Å²) in [7, 11) is 1.61. The molecule has 6 atom stereocenters. The molecule has 4 heterocycles. The third-order valence-corrected chi connectivity index (χ3v) is 14.4. The lowest BCUT2D eigenvalue weighted by Gasteiger charge is -2.49. The van der Waals surface area contributed by atoms with Crippen molar-refractivity contribution in [3.05, 3.63) is 98.1 Å². The summed E-state index contributed by atoms with van der Waals surface area (Å²) >= 11 is 9.89. The van der Waals surface area contributed by atoms with E-state index in [0.29, 0.717) is 22.0 Å². The van der Waals surface area contributed by atoms with Crippen LogP contribution in [0.3, 0.4) is 0 Å². The molecule has 1 saturated carbocycles. The Morgan fingerprint density at radius 3 is 2.42 bits per heavy atom. The maximum absolute atomic E-state index is 15.1. The number of aryl methyl sites for hydroxylation is 2. The summed E-state index contributed by atoms with van der Waals surface area (Å²) in [5.41, 5.74) is 0.594. The normalized spacial score (nSPS) is 25.9. The van der Waals surface area contributed by atoms with Crippen molar-refractivity contribution in [1.29, 1.82) is 0 Å². The van der Waals surface area contributed by atoms with Gasteiger partial charge in [-0.2, -0.15) is 5.10 Å². The van der Waals surface area contributed by atoms with Crippen LogP contribution in [-0.4, -0.2) is 44.9 Å². The molecule has 57 heavy (non-hydrogen) atoms. The van der Waals surface area contributed by atoms with Crippen LogP contribution in [0.2, 0.25) is 5.02 Å². The van der Waals surface area contributed by atoms with Crippen molar-refractivity contribution in [2.24, 2.45) is 36.1 Å². The van der Waals surface area contributed by atoms with E-state index in [4.69, 9.17) is 16.7 Å². The fourth-order valence-electron chi connectivity index (χ4n) is 9.60. The van der Waals surface area contributed by atoms with E-state index < -0.39 is 76.5 Å². The lowest BCUT2D eigenvalue weighted by molar-refractivity contribution is -0.274. The monoisotopic (exact) mass is 926 g/mol. The van der Waals surface area contributed by atoms with Crippen LogP contribution in [0.15, 0.2) is 78.4 Å². The topological polar surface area (TPSA) is 122 Å². The number of anilines is 2. The molecule has 9 rings (SSSR count). The molecule has 2 aromatic heterocycles. The minimum atomic E-state index is -5.06. The van der Waals surface area contributed by atoms with Crippen LogP contribution < -0.4 is 14.5 Å². The summed E-state index contributed by atoms with van der Waals surface area (Å²) < 4.78 is 48.2. The molecule has 2 aliphatic carbocycles. The van der Waals surface area contributed by atoms with Gasteiger partial charge in [-0.3, -0.25) is 28.8 Å². The molecular weight excluding hydrogens is 896 g/mol. The maximum Gasteiger partial charge on any atom is 0.573 e. The Balaban J connectivity index is 1.17. The van der Waals surface area contributed by atoms with Crippen molar-refractivity contribution >= 4 is 90.7 Å². The number of hydrogen-bond acceptors (Lipinski definition) is 8. The van der Waals surface area contributed by atoms with Gasteiger partial charge < -0.3 is 9.84 Å². The van der Waals surface area contributed by atoms with E-state index in [-0.39, 0.29) is 24.2 Å². The molecule has 0 spiro atoms. The highest BCUT2D eigenvalue weighted by Gasteiger charge is 2.68. The number of rotatable bonds is 5. The molecule has 4 aliphatic rings. The van der Waals surface area contributed by atoms with E-state index in [1.807, 2.05) is 19.1 Å². The Morgan fingerprint density at radius 2 is 1.70 bits per heavy atom. The van der Waals surface area contributed by atoms with E-state index in [1.54, 1.807) is 56.4 Å². The van der Waals surface area contributed by atoms with Gasteiger partial charge in [0.05, 0.1) is 33.7 Å². The lowest BCUT2D eigenvalue weighted by Crippen LogP contribution is -2.49. The zero-order valence-corrected chi connectivity index (χ0v) is 34.0. The Morgan fingerprint density at radius 1 is 0.965 bits per heavy atom. The van der Waals surface area contributed by atoms with Gasteiger partial charge in [0.1, 0.15) is 23.0 Å². The number of hydrogen-bond donors (Lipinski definition) is 1. The van der Waals surface area contributed by atoms with Crippen LogP contribution in [0.5, 0.6) is 11.5 Å². The number of thiophene rings is 1. The number of fused-ring (bicyclic) bond motifs is 5. The number of nitrogens with zero attached hydrogens (tertiary/aromatic N) is 4. The second-order valence-electron chi connectivity index (χ2n) is 15.1. The van der Waals surface area contributed by atoms with Gasteiger partial charge in [-0.15, -0.1) is 24.5 Å². The van der Waals surface area contributed by atoms with E-state index in [9.17, 15) is 32.7 Å². The Hall–Kier alpha value is -4.74. The van der Waals surface area contributed by atoms with Gasteiger partial charge in [0.25, 0.3) is 0 Å². The SMILES string of the molecule is Cc1c(-c2cc(N3C(=O)C4CC5C(=CCC6C(=O)N(c7ccc(I)cc7)C(=O)C65)C(c5cc(OC(F)(F)F)ccc5O)C4(C)C3=O)n(C)n2)sc2ccc(Cl)cc12. The average molecular weight is 927 g/mol. The number of halogens is 5. The maximum atomic E-state index is 15.1. The molecule has 3 fully saturated rings. The van der Waals surface area contributed by atoms with E-state index in [1.165, 1.54) is 16.0 Å². The molecule has 3 aromatic carbocycles. The van der Waals surface area contributed by atoms with Crippen LogP contribution in [0.1, 0.15) is 36.8 Å². The zero-order valence-electron chi connectivity index (χ0n) is 30.3. The fourth-order valence-corrected chi connectivity index (χ4v) is 11.3. The summed E-state index contributed by atoms with van der Waals surface area (Å²) in [5.74, 6) is -7.73. The number of amides is 4. The second-order valence-corrected chi connectivity index (χ2v) is 17.9. The van der Waals surface area contributed by atoms with Crippen molar-refractivity contribution in [2.45, 2.75) is 39.0 Å². The molecule has 6 unspecified atom stereocenters. The minimum absolute atomic E-state index is 0.00101. The van der Waals surface area contributed by atoms with Gasteiger partial charge in [0, 0.05) is 37.9 Å². The molecule has 0 bridgehead atoms.